The zero-order valence-electron chi connectivity index (χ0n) is 18.5. The van der Waals surface area contributed by atoms with Gasteiger partial charge in [-0.2, -0.15) is 0 Å². The lowest BCUT2D eigenvalue weighted by atomic mass is 9.76. The number of nitrogens with one attached hydrogen (secondary N) is 2. The highest BCUT2D eigenvalue weighted by Gasteiger charge is 2.49. The average Bonchev–Trinajstić information content (AvgIpc) is 3.30. The molecule has 33 heavy (non-hydrogen) atoms. The van der Waals surface area contributed by atoms with E-state index in [-0.39, 0.29) is 12.8 Å². The first-order chi connectivity index (χ1) is 16.1. The average molecular weight is 471 g/mol. The zero-order chi connectivity index (χ0) is 22.8. The maximum absolute atomic E-state index is 13.3. The van der Waals surface area contributed by atoms with Crippen molar-refractivity contribution in [1.82, 2.24) is 15.8 Å². The molecular weight excluding hydrogens is 444 g/mol. The molecule has 174 valence electrons. The van der Waals surface area contributed by atoms with Gasteiger partial charge in [-0.15, -0.1) is 0 Å². The molecular formula is C24H27ClN4O4. The van der Waals surface area contributed by atoms with Gasteiger partial charge in [-0.05, 0) is 68.8 Å². The highest BCUT2D eigenvalue weighted by Crippen LogP contribution is 2.39. The molecule has 0 aromatic heterocycles. The number of aliphatic imine (C=N–C) groups is 1. The van der Waals surface area contributed by atoms with Crippen LogP contribution in [-0.2, 0) is 22.6 Å². The van der Waals surface area contributed by atoms with Crippen LogP contribution in [0.2, 0.25) is 5.02 Å². The van der Waals surface area contributed by atoms with Crippen molar-refractivity contribution in [2.45, 2.75) is 32.9 Å². The molecule has 5 rings (SSSR count). The predicted molar refractivity (Wildman–Crippen MR) is 125 cm³/mol. The van der Waals surface area contributed by atoms with Crippen molar-refractivity contribution < 1.29 is 19.0 Å². The predicted octanol–water partition coefficient (Wildman–Crippen LogP) is 3.55. The van der Waals surface area contributed by atoms with Gasteiger partial charge in [0.15, 0.2) is 11.5 Å². The van der Waals surface area contributed by atoms with Crippen LogP contribution in [0.1, 0.15) is 30.9 Å². The Hall–Kier alpha value is -2.81. The van der Waals surface area contributed by atoms with Crippen molar-refractivity contribution in [3.8, 4) is 11.5 Å². The molecule has 0 spiro atoms. The highest BCUT2D eigenvalue weighted by molar-refractivity contribution is 6.30. The van der Waals surface area contributed by atoms with Crippen molar-refractivity contribution in [2.75, 3.05) is 26.5 Å². The molecule has 0 aliphatic carbocycles. The number of fused-ring (bicyclic) bond motifs is 2. The maximum atomic E-state index is 13.3. The van der Waals surface area contributed by atoms with Crippen molar-refractivity contribution in [1.29, 1.82) is 0 Å². The molecule has 0 bridgehead atoms. The number of ether oxygens (including phenoxy) is 3. The van der Waals surface area contributed by atoms with Crippen LogP contribution in [0, 0.1) is 5.41 Å². The summed E-state index contributed by atoms with van der Waals surface area (Å²) in [4.78, 5) is 18.3. The first kappa shape index (κ1) is 22.0. The second-order valence-electron chi connectivity index (χ2n) is 8.37. The van der Waals surface area contributed by atoms with Crippen LogP contribution in [0.25, 0.3) is 0 Å². The molecule has 0 atom stereocenters. The van der Waals surface area contributed by atoms with Gasteiger partial charge in [-0.25, -0.2) is 10.4 Å². The largest absolute Gasteiger partial charge is 0.465 e. The molecule has 1 saturated heterocycles. The Morgan fingerprint density at radius 1 is 1.21 bits per heavy atom. The quantitative estimate of drug-likeness (QED) is 0.624. The number of piperidine rings is 1. The molecule has 0 unspecified atom stereocenters. The van der Waals surface area contributed by atoms with E-state index >= 15 is 0 Å². The fraction of sp³-hybridized carbons (Fsp3) is 0.417. The van der Waals surface area contributed by atoms with E-state index in [1.807, 2.05) is 48.3 Å². The number of carbonyl (C=O) groups is 1. The molecule has 2 aromatic rings. The van der Waals surface area contributed by atoms with Gasteiger partial charge < -0.3 is 19.5 Å². The molecule has 1 fully saturated rings. The smallest absolute Gasteiger partial charge is 0.319 e. The third kappa shape index (κ3) is 4.26. The second kappa shape index (κ2) is 9.21. The second-order valence-corrected chi connectivity index (χ2v) is 8.81. The summed E-state index contributed by atoms with van der Waals surface area (Å²) < 4.78 is 16.5. The number of carbonyl (C=O) groups excluding carboxylic acids is 1. The van der Waals surface area contributed by atoms with Gasteiger partial charge >= 0.3 is 5.97 Å². The van der Waals surface area contributed by atoms with Gasteiger partial charge in [0.05, 0.1) is 18.8 Å². The molecule has 2 N–H and O–H groups in total. The van der Waals surface area contributed by atoms with E-state index in [4.69, 9.17) is 30.8 Å². The Balaban J connectivity index is 1.48. The van der Waals surface area contributed by atoms with Crippen molar-refractivity contribution in [2.24, 2.45) is 10.4 Å². The third-order valence-electron chi connectivity index (χ3n) is 6.31. The molecule has 0 saturated carbocycles. The van der Waals surface area contributed by atoms with Crippen LogP contribution in [0.15, 0.2) is 41.4 Å². The number of halogens is 1. The van der Waals surface area contributed by atoms with E-state index < -0.39 is 5.41 Å². The van der Waals surface area contributed by atoms with E-state index in [0.29, 0.717) is 43.4 Å². The topological polar surface area (TPSA) is 84.4 Å². The Kier molecular flexibility index (Phi) is 6.14. The van der Waals surface area contributed by atoms with E-state index in [9.17, 15) is 4.79 Å². The lowest BCUT2D eigenvalue weighted by Crippen LogP contribution is -2.57. The van der Waals surface area contributed by atoms with Crippen LogP contribution in [-0.4, -0.2) is 43.3 Å². The molecule has 9 heteroatoms. The fourth-order valence-corrected chi connectivity index (χ4v) is 4.78. The number of hydrogen-bond donors (Lipinski definition) is 2. The van der Waals surface area contributed by atoms with Gasteiger partial charge in [-0.3, -0.25) is 9.80 Å². The number of hydrazine groups is 1. The molecule has 3 aliphatic rings. The van der Waals surface area contributed by atoms with Crippen molar-refractivity contribution in [3.63, 3.8) is 0 Å². The summed E-state index contributed by atoms with van der Waals surface area (Å²) >= 11 is 6.26. The summed E-state index contributed by atoms with van der Waals surface area (Å²) in [6, 6.07) is 11.5. The zero-order valence-corrected chi connectivity index (χ0v) is 19.3. The number of hydrogen-bond acceptors (Lipinski definition) is 8. The third-order valence-corrected chi connectivity index (χ3v) is 6.55. The fourth-order valence-electron chi connectivity index (χ4n) is 4.59. The normalized spacial score (nSPS) is 18.5. The van der Waals surface area contributed by atoms with Gasteiger partial charge in [0, 0.05) is 17.1 Å². The maximum Gasteiger partial charge on any atom is 0.319 e. The minimum absolute atomic E-state index is 0.224. The summed E-state index contributed by atoms with van der Waals surface area (Å²) in [5.74, 6) is 1.95. The highest BCUT2D eigenvalue weighted by atomic mass is 35.5. The molecule has 3 heterocycles. The van der Waals surface area contributed by atoms with Crippen LogP contribution in [0.4, 0.5) is 5.69 Å². The number of esters is 1. The SMILES string of the molecule is CCOC(=O)C1(C2=Nc3ccc(Cl)cc3CN2NCc2ccc3c(c2)OCO3)CCNCC1. The van der Waals surface area contributed by atoms with Gasteiger partial charge in [0.1, 0.15) is 11.3 Å². The lowest BCUT2D eigenvalue weighted by molar-refractivity contribution is -0.153. The molecule has 8 nitrogen and oxygen atoms in total. The van der Waals surface area contributed by atoms with Gasteiger partial charge in [-0.1, -0.05) is 17.7 Å². The van der Waals surface area contributed by atoms with Gasteiger partial charge in [0.2, 0.25) is 6.79 Å². The van der Waals surface area contributed by atoms with E-state index in [0.717, 1.165) is 41.4 Å². The van der Waals surface area contributed by atoms with E-state index in [1.165, 1.54) is 0 Å². The van der Waals surface area contributed by atoms with Crippen molar-refractivity contribution in [3.05, 3.63) is 52.5 Å². The Labute approximate surface area is 197 Å². The summed E-state index contributed by atoms with van der Waals surface area (Å²) in [5.41, 5.74) is 5.54. The lowest BCUT2D eigenvalue weighted by Gasteiger charge is -2.43. The monoisotopic (exact) mass is 470 g/mol. The minimum atomic E-state index is -0.819. The molecule has 0 radical (unpaired) electrons. The summed E-state index contributed by atoms with van der Waals surface area (Å²) in [7, 11) is 0. The molecule has 3 aliphatic heterocycles. The standard InChI is InChI=1S/C24H27ClN4O4/c1-2-31-23(30)24(7-9-26-10-8-24)22-28-19-5-4-18(25)12-17(19)14-29(22)27-13-16-3-6-20-21(11-16)33-15-32-20/h3-6,11-12,26-27H,2,7-10,13-15H2,1H3. The first-order valence-electron chi connectivity index (χ1n) is 11.2. The summed E-state index contributed by atoms with van der Waals surface area (Å²) in [6.45, 7) is 4.92. The molecule has 2 aromatic carbocycles. The molecule has 0 amide bonds. The van der Waals surface area contributed by atoms with Crippen LogP contribution in [0.3, 0.4) is 0 Å². The summed E-state index contributed by atoms with van der Waals surface area (Å²) in [6.07, 6.45) is 1.24. The van der Waals surface area contributed by atoms with Crippen molar-refractivity contribution >= 4 is 29.1 Å². The number of benzene rings is 2. The Morgan fingerprint density at radius 2 is 2.03 bits per heavy atom. The van der Waals surface area contributed by atoms with E-state index in [2.05, 4.69) is 10.7 Å². The van der Waals surface area contributed by atoms with Crippen LogP contribution < -0.4 is 20.2 Å². The van der Waals surface area contributed by atoms with E-state index in [1.54, 1.807) is 0 Å². The minimum Gasteiger partial charge on any atom is -0.465 e. The van der Waals surface area contributed by atoms with Gasteiger partial charge in [0.25, 0.3) is 0 Å². The Morgan fingerprint density at radius 3 is 2.85 bits per heavy atom. The number of rotatable bonds is 6. The summed E-state index contributed by atoms with van der Waals surface area (Å²) in [5, 5.41) is 5.99. The Bertz CT molecular complexity index is 1080. The first-order valence-corrected chi connectivity index (χ1v) is 11.6. The van der Waals surface area contributed by atoms with Crippen LogP contribution in [0.5, 0.6) is 11.5 Å². The number of nitrogens with zero attached hydrogens (tertiary/aromatic N) is 2. The number of amidine groups is 1. The van der Waals surface area contributed by atoms with Crippen LogP contribution >= 0.6 is 11.6 Å².